The third-order valence-electron chi connectivity index (χ3n) is 2.71. The lowest BCUT2D eigenvalue weighted by atomic mass is 10.2. The number of thiazole rings is 1. The Labute approximate surface area is 131 Å². The van der Waals surface area contributed by atoms with Crippen molar-refractivity contribution in [1.82, 2.24) is 10.3 Å². The van der Waals surface area contributed by atoms with Crippen molar-refractivity contribution in [2.24, 2.45) is 0 Å². The van der Waals surface area contributed by atoms with Crippen molar-refractivity contribution in [1.29, 1.82) is 0 Å². The van der Waals surface area contributed by atoms with E-state index >= 15 is 0 Å². The molecule has 0 radical (unpaired) electrons. The minimum atomic E-state index is -1.09. The van der Waals surface area contributed by atoms with E-state index in [4.69, 9.17) is 9.84 Å². The van der Waals surface area contributed by atoms with Crippen LogP contribution < -0.4 is 10.1 Å². The maximum Gasteiger partial charge on any atom is 0.322 e. The molecule has 1 heterocycles. The molecule has 22 heavy (non-hydrogen) atoms. The van der Waals surface area contributed by atoms with E-state index in [2.05, 4.69) is 10.3 Å². The number of benzene rings is 1. The summed E-state index contributed by atoms with van der Waals surface area (Å²) in [6.45, 7) is 2.29. The third kappa shape index (κ3) is 4.29. The standard InChI is InChI=1S/C15H16N2O4S/c1-2-7-21-11-5-3-10(4-6-11)15-17-12(9-22-15)14(20)16-8-13(18)19/h3-6,9H,2,7-8H2,1H3,(H,16,20)(H,18,19). The van der Waals surface area contributed by atoms with Gasteiger partial charge >= 0.3 is 5.97 Å². The number of aliphatic carboxylic acids is 1. The van der Waals surface area contributed by atoms with Crippen molar-refractivity contribution < 1.29 is 19.4 Å². The van der Waals surface area contributed by atoms with E-state index in [9.17, 15) is 9.59 Å². The number of carboxylic acids is 1. The van der Waals surface area contributed by atoms with Gasteiger partial charge in [-0.15, -0.1) is 11.3 Å². The van der Waals surface area contributed by atoms with Gasteiger partial charge in [0.05, 0.1) is 6.61 Å². The summed E-state index contributed by atoms with van der Waals surface area (Å²) >= 11 is 1.33. The van der Waals surface area contributed by atoms with E-state index in [0.29, 0.717) is 11.6 Å². The smallest absolute Gasteiger partial charge is 0.322 e. The molecule has 2 N–H and O–H groups in total. The van der Waals surface area contributed by atoms with Crippen LogP contribution in [0.15, 0.2) is 29.6 Å². The van der Waals surface area contributed by atoms with Crippen LogP contribution in [0, 0.1) is 0 Å². The molecule has 7 heteroatoms. The summed E-state index contributed by atoms with van der Waals surface area (Å²) in [6, 6.07) is 7.47. The topological polar surface area (TPSA) is 88.5 Å². The van der Waals surface area contributed by atoms with E-state index in [0.717, 1.165) is 17.7 Å². The van der Waals surface area contributed by atoms with Crippen LogP contribution in [0.3, 0.4) is 0 Å². The van der Waals surface area contributed by atoms with Crippen LogP contribution in [0.1, 0.15) is 23.8 Å². The molecule has 0 spiro atoms. The fraction of sp³-hybridized carbons (Fsp3) is 0.267. The Morgan fingerprint density at radius 3 is 2.68 bits per heavy atom. The van der Waals surface area contributed by atoms with E-state index < -0.39 is 18.4 Å². The first-order chi connectivity index (χ1) is 10.6. The van der Waals surface area contributed by atoms with Crippen LogP contribution in [0.5, 0.6) is 5.75 Å². The molecule has 0 aliphatic rings. The fourth-order valence-corrected chi connectivity index (χ4v) is 2.48. The Morgan fingerprint density at radius 1 is 1.32 bits per heavy atom. The maximum atomic E-state index is 11.7. The minimum absolute atomic E-state index is 0.215. The molecule has 1 amide bonds. The highest BCUT2D eigenvalue weighted by molar-refractivity contribution is 7.13. The number of carboxylic acid groups (broad SMARTS) is 1. The van der Waals surface area contributed by atoms with Gasteiger partial charge in [-0.25, -0.2) is 4.98 Å². The molecule has 2 rings (SSSR count). The maximum absolute atomic E-state index is 11.7. The Morgan fingerprint density at radius 2 is 2.05 bits per heavy atom. The van der Waals surface area contributed by atoms with E-state index in [-0.39, 0.29) is 5.69 Å². The van der Waals surface area contributed by atoms with Crippen molar-refractivity contribution in [3.63, 3.8) is 0 Å². The van der Waals surface area contributed by atoms with Crippen molar-refractivity contribution >= 4 is 23.2 Å². The molecule has 1 aromatic heterocycles. The second-order valence-corrected chi connectivity index (χ2v) is 5.35. The number of hydrogen-bond donors (Lipinski definition) is 2. The Balaban J connectivity index is 2.04. The van der Waals surface area contributed by atoms with E-state index in [1.54, 1.807) is 5.38 Å². The number of nitrogens with one attached hydrogen (secondary N) is 1. The lowest BCUT2D eigenvalue weighted by Crippen LogP contribution is -2.29. The van der Waals surface area contributed by atoms with Gasteiger partial charge in [-0.1, -0.05) is 6.92 Å². The van der Waals surface area contributed by atoms with Crippen LogP contribution in [0.2, 0.25) is 0 Å². The Kier molecular flexibility index (Phi) is 5.48. The number of aromatic nitrogens is 1. The summed E-state index contributed by atoms with van der Waals surface area (Å²) < 4.78 is 5.51. The molecule has 6 nitrogen and oxygen atoms in total. The zero-order valence-electron chi connectivity index (χ0n) is 12.0. The van der Waals surface area contributed by atoms with Gasteiger partial charge in [0.2, 0.25) is 0 Å². The van der Waals surface area contributed by atoms with Crippen LogP contribution in [-0.2, 0) is 4.79 Å². The second kappa shape index (κ2) is 7.56. The predicted molar refractivity (Wildman–Crippen MR) is 83.3 cm³/mol. The van der Waals surface area contributed by atoms with Crippen molar-refractivity contribution in [3.8, 4) is 16.3 Å². The highest BCUT2D eigenvalue weighted by atomic mass is 32.1. The van der Waals surface area contributed by atoms with Crippen LogP contribution in [-0.4, -0.2) is 35.1 Å². The van der Waals surface area contributed by atoms with Gasteiger partial charge in [-0.3, -0.25) is 9.59 Å². The molecule has 0 aliphatic heterocycles. The quantitative estimate of drug-likeness (QED) is 0.818. The second-order valence-electron chi connectivity index (χ2n) is 4.49. The molecule has 0 atom stereocenters. The fourth-order valence-electron chi connectivity index (χ4n) is 1.67. The predicted octanol–water partition coefficient (Wildman–Crippen LogP) is 2.41. The van der Waals surface area contributed by atoms with Crippen molar-refractivity contribution in [2.75, 3.05) is 13.2 Å². The van der Waals surface area contributed by atoms with Gasteiger partial charge in [0.15, 0.2) is 0 Å². The molecule has 0 saturated carbocycles. The number of nitrogens with zero attached hydrogens (tertiary/aromatic N) is 1. The molecule has 116 valence electrons. The summed E-state index contributed by atoms with van der Waals surface area (Å²) in [5.74, 6) is -0.791. The lowest BCUT2D eigenvalue weighted by molar-refractivity contribution is -0.135. The first kappa shape index (κ1) is 16.0. The zero-order chi connectivity index (χ0) is 15.9. The number of rotatable bonds is 7. The number of amides is 1. The van der Waals surface area contributed by atoms with Crippen molar-refractivity contribution in [2.45, 2.75) is 13.3 Å². The van der Waals surface area contributed by atoms with Crippen molar-refractivity contribution in [3.05, 3.63) is 35.3 Å². The molecule has 1 aromatic carbocycles. The van der Waals surface area contributed by atoms with Gasteiger partial charge in [0.1, 0.15) is 23.0 Å². The van der Waals surface area contributed by atoms with Gasteiger partial charge in [0, 0.05) is 10.9 Å². The molecule has 0 aliphatic carbocycles. The summed E-state index contributed by atoms with van der Waals surface area (Å²) in [6.07, 6.45) is 0.947. The zero-order valence-corrected chi connectivity index (χ0v) is 12.9. The van der Waals surface area contributed by atoms with Gasteiger partial charge in [-0.2, -0.15) is 0 Å². The molecule has 2 aromatic rings. The van der Waals surface area contributed by atoms with Gasteiger partial charge in [0.25, 0.3) is 5.91 Å². The first-order valence-corrected chi connectivity index (χ1v) is 7.67. The molecule has 0 fully saturated rings. The minimum Gasteiger partial charge on any atom is -0.494 e. The van der Waals surface area contributed by atoms with E-state index in [1.165, 1.54) is 11.3 Å². The number of hydrogen-bond acceptors (Lipinski definition) is 5. The van der Waals surface area contributed by atoms with E-state index in [1.807, 2.05) is 31.2 Å². The first-order valence-electron chi connectivity index (χ1n) is 6.79. The monoisotopic (exact) mass is 320 g/mol. The van der Waals surface area contributed by atoms with Crippen LogP contribution >= 0.6 is 11.3 Å². The van der Waals surface area contributed by atoms with Gasteiger partial charge in [-0.05, 0) is 30.7 Å². The average molecular weight is 320 g/mol. The molecular formula is C15H16N2O4S. The summed E-state index contributed by atoms with van der Waals surface area (Å²) in [7, 11) is 0. The largest absolute Gasteiger partial charge is 0.494 e. The van der Waals surface area contributed by atoms with Gasteiger partial charge < -0.3 is 15.2 Å². The number of carbonyl (C=O) groups is 2. The summed E-state index contributed by atoms with van der Waals surface area (Å²) in [4.78, 5) is 26.4. The number of ether oxygens (including phenoxy) is 1. The SMILES string of the molecule is CCCOc1ccc(-c2nc(C(=O)NCC(=O)O)cs2)cc1. The summed E-state index contributed by atoms with van der Waals surface area (Å²) in [5, 5.41) is 13.1. The Hall–Kier alpha value is -2.41. The Bertz CT molecular complexity index is 652. The highest BCUT2D eigenvalue weighted by Crippen LogP contribution is 2.25. The summed E-state index contributed by atoms with van der Waals surface area (Å²) in [5.41, 5.74) is 1.10. The highest BCUT2D eigenvalue weighted by Gasteiger charge is 2.12. The number of carbonyl (C=O) groups excluding carboxylic acids is 1. The molecule has 0 bridgehead atoms. The molecule has 0 unspecified atom stereocenters. The lowest BCUT2D eigenvalue weighted by Gasteiger charge is -2.04. The van der Waals surface area contributed by atoms with Crippen LogP contribution in [0.25, 0.3) is 10.6 Å². The normalized spacial score (nSPS) is 10.2. The van der Waals surface area contributed by atoms with Crippen LogP contribution in [0.4, 0.5) is 0 Å². The third-order valence-corrected chi connectivity index (χ3v) is 3.60. The molecular weight excluding hydrogens is 304 g/mol. The average Bonchev–Trinajstić information content (AvgIpc) is 3.01. The molecule has 0 saturated heterocycles.